The van der Waals surface area contributed by atoms with Crippen molar-refractivity contribution in [2.45, 2.75) is 57.9 Å². The molecule has 0 bridgehead atoms. The van der Waals surface area contributed by atoms with Gasteiger partial charge in [-0.1, -0.05) is 51.3 Å². The summed E-state index contributed by atoms with van der Waals surface area (Å²) in [5.41, 5.74) is 1.35. The monoisotopic (exact) mass is 279 g/mol. The van der Waals surface area contributed by atoms with E-state index in [-0.39, 0.29) is 0 Å². The predicted octanol–water partition coefficient (Wildman–Crippen LogP) is 4.89. The van der Waals surface area contributed by atoms with Crippen molar-refractivity contribution in [3.8, 4) is 0 Å². The van der Waals surface area contributed by atoms with Gasteiger partial charge in [-0.3, -0.25) is 0 Å². The minimum absolute atomic E-state index is 0.639. The Kier molecular flexibility index (Phi) is 8.24. The Hall–Kier alpha value is -0.470. The van der Waals surface area contributed by atoms with E-state index in [0.29, 0.717) is 6.04 Å². The Morgan fingerprint density at radius 3 is 2.47 bits per heavy atom. The standard InChI is InChI=1S/C17H29NS/c1-5-11-18-17(15(6-2)7-3)13-19-16-10-8-9-14(4)12-16/h8-10,12,15,17-18H,5-7,11,13H2,1-4H3. The number of rotatable bonds is 9. The van der Waals surface area contributed by atoms with Gasteiger partial charge >= 0.3 is 0 Å². The largest absolute Gasteiger partial charge is 0.313 e. The Labute approximate surface area is 123 Å². The van der Waals surface area contributed by atoms with Crippen LogP contribution in [0.1, 0.15) is 45.6 Å². The maximum Gasteiger partial charge on any atom is 0.0189 e. The van der Waals surface area contributed by atoms with Crippen LogP contribution < -0.4 is 5.32 Å². The van der Waals surface area contributed by atoms with E-state index in [0.717, 1.165) is 12.5 Å². The van der Waals surface area contributed by atoms with Crippen LogP contribution in [0, 0.1) is 12.8 Å². The fourth-order valence-corrected chi connectivity index (χ4v) is 3.65. The van der Waals surface area contributed by atoms with Crippen molar-refractivity contribution in [1.82, 2.24) is 5.32 Å². The molecule has 0 aliphatic heterocycles. The van der Waals surface area contributed by atoms with Gasteiger partial charge in [0.25, 0.3) is 0 Å². The molecule has 0 amide bonds. The first-order valence-electron chi connectivity index (χ1n) is 7.64. The summed E-state index contributed by atoms with van der Waals surface area (Å²) >= 11 is 1.99. The second-order valence-electron chi connectivity index (χ2n) is 5.26. The first-order valence-corrected chi connectivity index (χ1v) is 8.62. The lowest BCUT2D eigenvalue weighted by atomic mass is 9.95. The molecule has 1 rings (SSSR count). The fraction of sp³-hybridized carbons (Fsp3) is 0.647. The van der Waals surface area contributed by atoms with E-state index >= 15 is 0 Å². The van der Waals surface area contributed by atoms with E-state index in [1.54, 1.807) is 0 Å². The normalized spacial score (nSPS) is 12.9. The molecule has 0 spiro atoms. The smallest absolute Gasteiger partial charge is 0.0189 e. The van der Waals surface area contributed by atoms with Crippen LogP contribution in [0.25, 0.3) is 0 Å². The van der Waals surface area contributed by atoms with Crippen LogP contribution in [-0.2, 0) is 0 Å². The molecule has 1 N–H and O–H groups in total. The van der Waals surface area contributed by atoms with Gasteiger partial charge in [-0.05, 0) is 37.9 Å². The molecule has 108 valence electrons. The molecule has 0 saturated carbocycles. The molecule has 0 aliphatic rings. The van der Waals surface area contributed by atoms with Crippen molar-refractivity contribution in [2.75, 3.05) is 12.3 Å². The molecular weight excluding hydrogens is 250 g/mol. The molecule has 0 aliphatic carbocycles. The minimum atomic E-state index is 0.639. The summed E-state index contributed by atoms with van der Waals surface area (Å²) in [5.74, 6) is 1.97. The third kappa shape index (κ3) is 6.01. The molecule has 1 aromatic carbocycles. The topological polar surface area (TPSA) is 12.0 Å². The average molecular weight is 279 g/mol. The summed E-state index contributed by atoms with van der Waals surface area (Å²) in [5, 5.41) is 3.74. The van der Waals surface area contributed by atoms with Crippen LogP contribution in [0.5, 0.6) is 0 Å². The molecule has 0 aromatic heterocycles. The lowest BCUT2D eigenvalue weighted by Crippen LogP contribution is -2.38. The molecule has 0 fully saturated rings. The van der Waals surface area contributed by atoms with Crippen LogP contribution in [0.4, 0.5) is 0 Å². The van der Waals surface area contributed by atoms with Crippen LogP contribution in [-0.4, -0.2) is 18.3 Å². The van der Waals surface area contributed by atoms with Gasteiger partial charge in [0.2, 0.25) is 0 Å². The zero-order valence-corrected chi connectivity index (χ0v) is 13.7. The van der Waals surface area contributed by atoms with Crippen molar-refractivity contribution in [3.63, 3.8) is 0 Å². The minimum Gasteiger partial charge on any atom is -0.313 e. The number of hydrogen-bond acceptors (Lipinski definition) is 2. The summed E-state index contributed by atoms with van der Waals surface area (Å²) in [6, 6.07) is 9.47. The number of benzene rings is 1. The Morgan fingerprint density at radius 1 is 1.16 bits per heavy atom. The van der Waals surface area contributed by atoms with Gasteiger partial charge in [0.1, 0.15) is 0 Å². The highest BCUT2D eigenvalue weighted by molar-refractivity contribution is 7.99. The molecule has 0 radical (unpaired) electrons. The van der Waals surface area contributed by atoms with Crippen molar-refractivity contribution in [2.24, 2.45) is 5.92 Å². The lowest BCUT2D eigenvalue weighted by Gasteiger charge is -2.26. The summed E-state index contributed by atoms with van der Waals surface area (Å²) < 4.78 is 0. The van der Waals surface area contributed by atoms with Crippen molar-refractivity contribution in [1.29, 1.82) is 0 Å². The van der Waals surface area contributed by atoms with Gasteiger partial charge in [-0.2, -0.15) is 0 Å². The quantitative estimate of drug-likeness (QED) is 0.646. The first-order chi connectivity index (χ1) is 9.21. The Bertz CT molecular complexity index is 347. The van der Waals surface area contributed by atoms with Crippen LogP contribution >= 0.6 is 11.8 Å². The van der Waals surface area contributed by atoms with Crippen molar-refractivity contribution in [3.05, 3.63) is 29.8 Å². The van der Waals surface area contributed by atoms with Crippen molar-refractivity contribution >= 4 is 11.8 Å². The van der Waals surface area contributed by atoms with E-state index < -0.39 is 0 Å². The molecule has 19 heavy (non-hydrogen) atoms. The van der Waals surface area contributed by atoms with Gasteiger partial charge in [-0.15, -0.1) is 11.8 Å². The second-order valence-corrected chi connectivity index (χ2v) is 6.36. The molecule has 1 aromatic rings. The van der Waals surface area contributed by atoms with E-state index in [9.17, 15) is 0 Å². The highest BCUT2D eigenvalue weighted by Crippen LogP contribution is 2.24. The van der Waals surface area contributed by atoms with Crippen molar-refractivity contribution < 1.29 is 0 Å². The summed E-state index contributed by atoms with van der Waals surface area (Å²) in [6.45, 7) is 10.2. The Balaban J connectivity index is 2.56. The van der Waals surface area contributed by atoms with Gasteiger partial charge in [0.05, 0.1) is 0 Å². The zero-order chi connectivity index (χ0) is 14.1. The van der Waals surface area contributed by atoms with Gasteiger partial charge in [0, 0.05) is 16.7 Å². The zero-order valence-electron chi connectivity index (χ0n) is 12.9. The summed E-state index contributed by atoms with van der Waals surface area (Å²) in [6.07, 6.45) is 3.75. The molecule has 0 saturated heterocycles. The number of thioether (sulfide) groups is 1. The fourth-order valence-electron chi connectivity index (χ4n) is 2.44. The molecule has 1 unspecified atom stereocenters. The van der Waals surface area contributed by atoms with Gasteiger partial charge in [-0.25, -0.2) is 0 Å². The van der Waals surface area contributed by atoms with Crippen LogP contribution in [0.15, 0.2) is 29.2 Å². The molecule has 2 heteroatoms. The molecule has 0 heterocycles. The lowest BCUT2D eigenvalue weighted by molar-refractivity contribution is 0.360. The number of hydrogen-bond donors (Lipinski definition) is 1. The SMILES string of the molecule is CCCNC(CSc1cccc(C)c1)C(CC)CC. The van der Waals surface area contributed by atoms with Gasteiger partial charge < -0.3 is 5.32 Å². The summed E-state index contributed by atoms with van der Waals surface area (Å²) in [7, 11) is 0. The third-order valence-corrected chi connectivity index (χ3v) is 4.81. The van der Waals surface area contributed by atoms with Crippen LogP contribution in [0.3, 0.4) is 0 Å². The number of aryl methyl sites for hydroxylation is 1. The van der Waals surface area contributed by atoms with E-state index in [4.69, 9.17) is 0 Å². The highest BCUT2D eigenvalue weighted by Gasteiger charge is 2.17. The van der Waals surface area contributed by atoms with E-state index in [1.165, 1.54) is 35.5 Å². The van der Waals surface area contributed by atoms with E-state index in [2.05, 4.69) is 57.3 Å². The molecule has 1 atom stereocenters. The summed E-state index contributed by atoms with van der Waals surface area (Å²) in [4.78, 5) is 1.40. The van der Waals surface area contributed by atoms with Crippen LogP contribution in [0.2, 0.25) is 0 Å². The molecular formula is C17H29NS. The Morgan fingerprint density at radius 2 is 1.89 bits per heavy atom. The first kappa shape index (κ1) is 16.6. The maximum absolute atomic E-state index is 3.74. The maximum atomic E-state index is 3.74. The van der Waals surface area contributed by atoms with Gasteiger partial charge in [0.15, 0.2) is 0 Å². The second kappa shape index (κ2) is 9.44. The van der Waals surface area contributed by atoms with E-state index in [1.807, 2.05) is 11.8 Å². The molecule has 1 nitrogen and oxygen atoms in total. The average Bonchev–Trinajstić information content (AvgIpc) is 2.42. The third-order valence-electron chi connectivity index (χ3n) is 3.69. The highest BCUT2D eigenvalue weighted by atomic mass is 32.2. The number of nitrogens with one attached hydrogen (secondary N) is 1. The predicted molar refractivity (Wildman–Crippen MR) is 88.1 cm³/mol.